The largest absolute Gasteiger partial charge is 0.228 e. The second kappa shape index (κ2) is 10.1. The fourth-order valence-electron chi connectivity index (χ4n) is 7.51. The van der Waals surface area contributed by atoms with Crippen LogP contribution in [0.4, 0.5) is 0 Å². The van der Waals surface area contributed by atoms with Crippen molar-refractivity contribution in [2.24, 2.45) is 0 Å². The molecule has 1 aliphatic carbocycles. The minimum Gasteiger partial charge on any atom is -0.228 e. The van der Waals surface area contributed by atoms with Crippen LogP contribution < -0.4 is 0 Å². The fourth-order valence-corrected chi connectivity index (χ4v) is 7.51. The Hall–Kier alpha value is -5.86. The first-order chi connectivity index (χ1) is 22.3. The standard InChI is InChI=1S/C43H28N2/c1-4-15-30(16-5-1)41-34-23-11-13-26-38(34)44-42(45-41)35-24-14-17-29-27-28-37-40(39(29)35)33-22-10-12-25-36(33)43(37,31-18-6-2-7-19-31)32-20-8-3-9-21-32/h1-28H. The van der Waals surface area contributed by atoms with Gasteiger partial charge in [0.2, 0.25) is 0 Å². The summed E-state index contributed by atoms with van der Waals surface area (Å²) in [6.45, 7) is 0. The highest BCUT2D eigenvalue weighted by Crippen LogP contribution is 2.58. The molecule has 0 saturated carbocycles. The van der Waals surface area contributed by atoms with Gasteiger partial charge in [-0.25, -0.2) is 9.97 Å². The Morgan fingerprint density at radius 2 is 1.04 bits per heavy atom. The molecular formula is C43H28N2. The number of aromatic nitrogens is 2. The number of hydrogen-bond donors (Lipinski definition) is 0. The fraction of sp³-hybridized carbons (Fsp3) is 0.0233. The van der Waals surface area contributed by atoms with Crippen LogP contribution in [0.2, 0.25) is 0 Å². The Labute approximate surface area is 262 Å². The van der Waals surface area contributed by atoms with E-state index in [0.29, 0.717) is 0 Å². The van der Waals surface area contributed by atoms with Gasteiger partial charge in [-0.05, 0) is 44.8 Å². The van der Waals surface area contributed by atoms with E-state index in [1.165, 1.54) is 44.2 Å². The number of benzene rings is 7. The Bertz CT molecular complexity index is 2320. The van der Waals surface area contributed by atoms with Gasteiger partial charge in [0.05, 0.1) is 16.6 Å². The van der Waals surface area contributed by atoms with E-state index >= 15 is 0 Å². The summed E-state index contributed by atoms with van der Waals surface area (Å²) < 4.78 is 0. The average Bonchev–Trinajstić information content (AvgIpc) is 3.43. The molecule has 0 bridgehead atoms. The second-order valence-electron chi connectivity index (χ2n) is 11.7. The summed E-state index contributed by atoms with van der Waals surface area (Å²) in [6, 6.07) is 60.8. The number of rotatable bonds is 4. The number of fused-ring (bicyclic) bond motifs is 6. The number of hydrogen-bond acceptors (Lipinski definition) is 2. The summed E-state index contributed by atoms with van der Waals surface area (Å²) in [5, 5.41) is 3.41. The second-order valence-corrected chi connectivity index (χ2v) is 11.7. The van der Waals surface area contributed by atoms with E-state index in [1.807, 2.05) is 6.07 Å². The lowest BCUT2D eigenvalue weighted by Gasteiger charge is -2.34. The van der Waals surface area contributed by atoms with Crippen molar-refractivity contribution in [3.8, 4) is 33.8 Å². The van der Waals surface area contributed by atoms with Gasteiger partial charge in [0.1, 0.15) is 0 Å². The predicted molar refractivity (Wildman–Crippen MR) is 185 cm³/mol. The molecule has 0 atom stereocenters. The van der Waals surface area contributed by atoms with Gasteiger partial charge in [-0.1, -0.05) is 164 Å². The molecular weight excluding hydrogens is 544 g/mol. The van der Waals surface area contributed by atoms with Crippen LogP contribution in [0.1, 0.15) is 22.3 Å². The minimum atomic E-state index is -0.463. The van der Waals surface area contributed by atoms with Crippen LogP contribution in [0.25, 0.3) is 55.4 Å². The summed E-state index contributed by atoms with van der Waals surface area (Å²) in [4.78, 5) is 10.5. The number of para-hydroxylation sites is 1. The zero-order valence-corrected chi connectivity index (χ0v) is 24.6. The van der Waals surface area contributed by atoms with Crippen LogP contribution in [0.5, 0.6) is 0 Å². The van der Waals surface area contributed by atoms with Gasteiger partial charge in [-0.2, -0.15) is 0 Å². The van der Waals surface area contributed by atoms with Gasteiger partial charge in [0.15, 0.2) is 5.82 Å². The molecule has 9 rings (SSSR count). The van der Waals surface area contributed by atoms with Gasteiger partial charge < -0.3 is 0 Å². The summed E-state index contributed by atoms with van der Waals surface area (Å²) in [6.07, 6.45) is 0. The van der Waals surface area contributed by atoms with E-state index in [2.05, 4.69) is 164 Å². The molecule has 2 nitrogen and oxygen atoms in total. The lowest BCUT2D eigenvalue weighted by atomic mass is 9.67. The third kappa shape index (κ3) is 3.76. The van der Waals surface area contributed by atoms with E-state index in [9.17, 15) is 0 Å². The van der Waals surface area contributed by atoms with Gasteiger partial charge >= 0.3 is 0 Å². The van der Waals surface area contributed by atoms with Crippen molar-refractivity contribution in [3.63, 3.8) is 0 Å². The molecule has 210 valence electrons. The topological polar surface area (TPSA) is 25.8 Å². The highest BCUT2D eigenvalue weighted by atomic mass is 14.9. The molecule has 0 aliphatic heterocycles. The zero-order chi connectivity index (χ0) is 29.8. The molecule has 1 aliphatic rings. The molecule has 0 spiro atoms. The molecule has 0 N–H and O–H groups in total. The number of nitrogens with zero attached hydrogens (tertiary/aromatic N) is 2. The van der Waals surface area contributed by atoms with E-state index in [1.54, 1.807) is 0 Å². The first-order valence-corrected chi connectivity index (χ1v) is 15.4. The Kier molecular flexibility index (Phi) is 5.76. The van der Waals surface area contributed by atoms with E-state index in [0.717, 1.165) is 33.5 Å². The molecule has 7 aromatic carbocycles. The van der Waals surface area contributed by atoms with E-state index < -0.39 is 5.41 Å². The van der Waals surface area contributed by atoms with Crippen molar-refractivity contribution in [2.75, 3.05) is 0 Å². The maximum Gasteiger partial charge on any atom is 0.161 e. The van der Waals surface area contributed by atoms with Gasteiger partial charge in [-0.3, -0.25) is 0 Å². The van der Waals surface area contributed by atoms with Crippen LogP contribution in [0, 0.1) is 0 Å². The van der Waals surface area contributed by atoms with Crippen LogP contribution in [-0.4, -0.2) is 9.97 Å². The molecule has 0 amide bonds. The van der Waals surface area contributed by atoms with Crippen molar-refractivity contribution in [1.82, 2.24) is 9.97 Å². The maximum absolute atomic E-state index is 5.31. The van der Waals surface area contributed by atoms with Crippen LogP contribution in [0.15, 0.2) is 170 Å². The van der Waals surface area contributed by atoms with Crippen molar-refractivity contribution in [2.45, 2.75) is 5.41 Å². The predicted octanol–water partition coefficient (Wildman–Crippen LogP) is 10.5. The monoisotopic (exact) mass is 572 g/mol. The highest BCUT2D eigenvalue weighted by Gasteiger charge is 2.46. The van der Waals surface area contributed by atoms with Gasteiger partial charge in [0, 0.05) is 21.9 Å². The lowest BCUT2D eigenvalue weighted by Crippen LogP contribution is -2.28. The first kappa shape index (κ1) is 25.6. The summed E-state index contributed by atoms with van der Waals surface area (Å²) >= 11 is 0. The molecule has 45 heavy (non-hydrogen) atoms. The summed E-state index contributed by atoms with van der Waals surface area (Å²) in [7, 11) is 0. The Morgan fingerprint density at radius 1 is 0.422 bits per heavy atom. The van der Waals surface area contributed by atoms with E-state index in [4.69, 9.17) is 9.97 Å². The molecule has 0 fully saturated rings. The molecule has 0 radical (unpaired) electrons. The van der Waals surface area contributed by atoms with Crippen molar-refractivity contribution >= 4 is 21.7 Å². The molecule has 0 unspecified atom stereocenters. The summed E-state index contributed by atoms with van der Waals surface area (Å²) in [5.41, 5.74) is 11.1. The minimum absolute atomic E-state index is 0.463. The highest BCUT2D eigenvalue weighted by molar-refractivity contribution is 6.10. The zero-order valence-electron chi connectivity index (χ0n) is 24.6. The quantitative estimate of drug-likeness (QED) is 0.210. The van der Waals surface area contributed by atoms with Crippen LogP contribution in [0.3, 0.4) is 0 Å². The van der Waals surface area contributed by atoms with Crippen LogP contribution >= 0.6 is 0 Å². The maximum atomic E-state index is 5.31. The molecule has 2 heteroatoms. The Morgan fingerprint density at radius 3 is 1.80 bits per heavy atom. The molecule has 0 saturated heterocycles. The van der Waals surface area contributed by atoms with Crippen molar-refractivity contribution in [3.05, 3.63) is 192 Å². The smallest absolute Gasteiger partial charge is 0.161 e. The SMILES string of the molecule is c1ccc(-c2nc(-c3cccc4ccc5c(c34)-c3ccccc3C5(c3ccccc3)c3ccccc3)nc3ccccc23)cc1. The van der Waals surface area contributed by atoms with Crippen molar-refractivity contribution < 1.29 is 0 Å². The molecule has 1 heterocycles. The van der Waals surface area contributed by atoms with Gasteiger partial charge in [0.25, 0.3) is 0 Å². The first-order valence-electron chi connectivity index (χ1n) is 15.4. The third-order valence-corrected chi connectivity index (χ3v) is 9.35. The lowest BCUT2D eigenvalue weighted by molar-refractivity contribution is 0.769. The van der Waals surface area contributed by atoms with E-state index in [-0.39, 0.29) is 0 Å². The molecule has 1 aromatic heterocycles. The van der Waals surface area contributed by atoms with Gasteiger partial charge in [-0.15, -0.1) is 0 Å². The summed E-state index contributed by atoms with van der Waals surface area (Å²) in [5.74, 6) is 0.737. The van der Waals surface area contributed by atoms with Crippen LogP contribution in [-0.2, 0) is 5.41 Å². The normalized spacial score (nSPS) is 13.1. The van der Waals surface area contributed by atoms with Crippen molar-refractivity contribution in [1.29, 1.82) is 0 Å². The average molecular weight is 573 g/mol. The Balaban J connectivity index is 1.41. The third-order valence-electron chi connectivity index (χ3n) is 9.35. The molecule has 8 aromatic rings.